The molecule has 0 atom stereocenters. The van der Waals surface area contributed by atoms with Crippen molar-refractivity contribution < 1.29 is 4.79 Å². The highest BCUT2D eigenvalue weighted by Gasteiger charge is 1.95. The molecule has 1 aromatic carbocycles. The predicted molar refractivity (Wildman–Crippen MR) is 49.6 cm³/mol. The smallest absolute Gasteiger partial charge is 0.287 e. The van der Waals surface area contributed by atoms with E-state index in [1.54, 1.807) is 0 Å². The van der Waals surface area contributed by atoms with Gasteiger partial charge in [0.1, 0.15) is 0 Å². The summed E-state index contributed by atoms with van der Waals surface area (Å²) in [5, 5.41) is 0. The first-order valence-electron chi connectivity index (χ1n) is 3.69. The number of nitrogens with zero attached hydrogens (tertiary/aromatic N) is 3. The van der Waals surface area contributed by atoms with Crippen molar-refractivity contribution >= 4 is 11.9 Å². The summed E-state index contributed by atoms with van der Waals surface area (Å²) in [5.74, 6) is 0. The van der Waals surface area contributed by atoms with Crippen LogP contribution in [0.1, 0.15) is 5.56 Å². The molecule has 0 fully saturated rings. The Hall–Kier alpha value is -1.60. The first kappa shape index (κ1) is 8.50. The second kappa shape index (κ2) is 3.69. The molecule has 0 spiro atoms. The Morgan fingerprint density at radius 2 is 1.83 bits per heavy atom. The molecule has 0 heterocycles. The van der Waals surface area contributed by atoms with Gasteiger partial charge in [0.05, 0.1) is 5.56 Å². The zero-order valence-corrected chi connectivity index (χ0v) is 7.23. The van der Waals surface area contributed by atoms with Crippen LogP contribution in [0.2, 0.25) is 0 Å². The third-order valence-corrected chi connectivity index (χ3v) is 1.62. The summed E-state index contributed by atoms with van der Waals surface area (Å²) in [6, 6.07) is 7.73. The number of rotatable bonds is 2. The van der Waals surface area contributed by atoms with E-state index in [-0.39, 0.29) is 0 Å². The topological polar surface area (TPSA) is 39.6 Å². The van der Waals surface area contributed by atoms with Gasteiger partial charge in [0.15, 0.2) is 0 Å². The lowest BCUT2D eigenvalue weighted by molar-refractivity contribution is 0.00456. The van der Waals surface area contributed by atoms with Crippen molar-refractivity contribution in [3.63, 3.8) is 0 Å². The molecule has 0 amide bonds. The Morgan fingerprint density at radius 3 is 2.25 bits per heavy atom. The monoisotopic (exact) mass is 161 g/mol. The summed E-state index contributed by atoms with van der Waals surface area (Å²) >= 11 is 0. The number of hydrogen-bond donors (Lipinski definition) is 0. The largest absolute Gasteiger partial charge is 0.378 e. The third-order valence-electron chi connectivity index (χ3n) is 1.62. The molecule has 3 nitrogen and oxygen atoms in total. The minimum atomic E-state index is 0.892. The van der Waals surface area contributed by atoms with Gasteiger partial charge >= 0.3 is 0 Å². The molecule has 0 radical (unpaired) electrons. The maximum atomic E-state index is 8.26. The van der Waals surface area contributed by atoms with Crippen LogP contribution in [0, 0.1) is 0 Å². The highest BCUT2D eigenvalue weighted by Crippen LogP contribution is 2.10. The summed E-state index contributed by atoms with van der Waals surface area (Å²) in [7, 11) is 3.96. The molecule has 12 heavy (non-hydrogen) atoms. The fourth-order valence-corrected chi connectivity index (χ4v) is 0.925. The van der Waals surface area contributed by atoms with Gasteiger partial charge in [-0.25, -0.2) is 0 Å². The van der Waals surface area contributed by atoms with E-state index >= 15 is 0 Å². The average molecular weight is 161 g/mol. The van der Waals surface area contributed by atoms with Gasteiger partial charge in [-0.15, -0.1) is 0 Å². The molecule has 0 unspecified atom stereocenters. The first-order chi connectivity index (χ1) is 5.74. The molecule has 0 aliphatic rings. The van der Waals surface area contributed by atoms with E-state index < -0.39 is 0 Å². The predicted octanol–water partition coefficient (Wildman–Crippen LogP) is 1.40. The van der Waals surface area contributed by atoms with Crippen LogP contribution < -0.4 is 4.90 Å². The average Bonchev–Trinajstić information content (AvgIpc) is 2.06. The molecule has 1 rings (SSSR count). The Morgan fingerprint density at radius 1 is 1.25 bits per heavy atom. The Labute approximate surface area is 71.9 Å². The van der Waals surface area contributed by atoms with Crippen LogP contribution in [-0.4, -0.2) is 25.1 Å². The van der Waals surface area contributed by atoms with Crippen molar-refractivity contribution in [1.29, 1.82) is 0 Å². The summed E-state index contributed by atoms with van der Waals surface area (Å²) in [6.07, 6.45) is 1.40. The summed E-state index contributed by atoms with van der Waals surface area (Å²) in [5.41, 5.74) is 10.3. The zero-order valence-electron chi connectivity index (χ0n) is 7.23. The highest BCUT2D eigenvalue weighted by atomic mass is 15.1. The van der Waals surface area contributed by atoms with Crippen molar-refractivity contribution in [2.45, 2.75) is 0 Å². The van der Waals surface area contributed by atoms with Gasteiger partial charge in [-0.2, -0.15) is 4.79 Å². The molecule has 0 bridgehead atoms. The molecule has 62 valence electrons. The standard InChI is InChI=1S/C9H11N3/c1-12(2)9-5-3-8(4-6-9)7-11-10/h3-7H,1-2H3. The highest BCUT2D eigenvalue weighted by molar-refractivity contribution is 5.75. The van der Waals surface area contributed by atoms with Crippen molar-refractivity contribution in [2.75, 3.05) is 19.0 Å². The van der Waals surface area contributed by atoms with Gasteiger partial charge in [-0.1, -0.05) is 0 Å². The number of anilines is 1. The van der Waals surface area contributed by atoms with Gasteiger partial charge in [0, 0.05) is 19.8 Å². The summed E-state index contributed by atoms with van der Waals surface area (Å²) in [6.45, 7) is 0. The lowest BCUT2D eigenvalue weighted by Crippen LogP contribution is -2.08. The molecule has 0 aromatic heterocycles. The van der Waals surface area contributed by atoms with E-state index in [0.29, 0.717) is 0 Å². The molecule has 3 heteroatoms. The number of benzene rings is 1. The minimum absolute atomic E-state index is 0.892. The van der Waals surface area contributed by atoms with Crippen molar-refractivity contribution in [3.05, 3.63) is 35.4 Å². The van der Waals surface area contributed by atoms with Crippen LogP contribution >= 0.6 is 0 Å². The maximum absolute atomic E-state index is 8.26. The van der Waals surface area contributed by atoms with Crippen LogP contribution in [0.3, 0.4) is 0 Å². The van der Waals surface area contributed by atoms with Crippen molar-refractivity contribution in [1.82, 2.24) is 0 Å². The Kier molecular flexibility index (Phi) is 2.62. The molecule has 1 aromatic rings. The van der Waals surface area contributed by atoms with Crippen molar-refractivity contribution in [2.24, 2.45) is 0 Å². The fourth-order valence-electron chi connectivity index (χ4n) is 0.925. The van der Waals surface area contributed by atoms with Gasteiger partial charge in [-0.3, -0.25) is 0 Å². The molecule has 0 aliphatic heterocycles. The lowest BCUT2D eigenvalue weighted by atomic mass is 10.2. The van der Waals surface area contributed by atoms with E-state index in [4.69, 9.17) is 5.53 Å². The number of hydrogen-bond acceptors (Lipinski definition) is 1. The Bertz CT molecular complexity index is 294. The molecule has 0 saturated heterocycles. The summed E-state index contributed by atoms with van der Waals surface area (Å²) < 4.78 is 0. The van der Waals surface area contributed by atoms with Gasteiger partial charge in [-0.05, 0) is 24.3 Å². The molecule has 0 aliphatic carbocycles. The molecular formula is C9H11N3. The Balaban J connectivity index is 2.92. The van der Waals surface area contributed by atoms with Gasteiger partial charge < -0.3 is 10.4 Å². The molecular weight excluding hydrogens is 150 g/mol. The third kappa shape index (κ3) is 1.94. The second-order valence-corrected chi connectivity index (χ2v) is 2.73. The lowest BCUT2D eigenvalue weighted by Gasteiger charge is -2.11. The van der Waals surface area contributed by atoms with E-state index in [9.17, 15) is 0 Å². The van der Waals surface area contributed by atoms with Crippen LogP contribution in [-0.2, 0) is 0 Å². The fraction of sp³-hybridized carbons (Fsp3) is 0.222. The molecule has 0 saturated carbocycles. The first-order valence-corrected chi connectivity index (χ1v) is 3.69. The quantitative estimate of drug-likeness (QED) is 0.367. The van der Waals surface area contributed by atoms with Crippen molar-refractivity contribution in [3.8, 4) is 0 Å². The molecule has 0 N–H and O–H groups in total. The van der Waals surface area contributed by atoms with Crippen LogP contribution in [0.4, 0.5) is 5.69 Å². The van der Waals surface area contributed by atoms with E-state index in [2.05, 4.69) is 4.79 Å². The van der Waals surface area contributed by atoms with Crippen LogP contribution in [0.15, 0.2) is 24.3 Å². The van der Waals surface area contributed by atoms with E-state index in [1.165, 1.54) is 6.21 Å². The second-order valence-electron chi connectivity index (χ2n) is 2.73. The SMILES string of the molecule is CN(C)c1ccc(C=[N+]=[N-])cc1. The maximum Gasteiger partial charge on any atom is 0.287 e. The van der Waals surface area contributed by atoms with Crippen LogP contribution in [0.25, 0.3) is 5.53 Å². The normalized spacial score (nSPS) is 8.83. The zero-order chi connectivity index (χ0) is 8.97. The summed E-state index contributed by atoms with van der Waals surface area (Å²) in [4.78, 5) is 4.96. The van der Waals surface area contributed by atoms with E-state index in [0.717, 1.165) is 11.3 Å². The van der Waals surface area contributed by atoms with Crippen LogP contribution in [0.5, 0.6) is 0 Å². The van der Waals surface area contributed by atoms with Gasteiger partial charge in [0.25, 0.3) is 6.21 Å². The van der Waals surface area contributed by atoms with E-state index in [1.807, 2.05) is 43.3 Å². The minimum Gasteiger partial charge on any atom is -0.378 e. The van der Waals surface area contributed by atoms with Gasteiger partial charge in [0.2, 0.25) is 0 Å².